The van der Waals surface area contributed by atoms with Gasteiger partial charge in [-0.15, -0.1) is 0 Å². The van der Waals surface area contributed by atoms with Gasteiger partial charge in [0.25, 0.3) is 0 Å². The van der Waals surface area contributed by atoms with Crippen LogP contribution in [-0.4, -0.2) is 28.4 Å². The maximum Gasteiger partial charge on any atom is 0.383 e. The Morgan fingerprint density at radius 1 is 0.618 bits per heavy atom. The van der Waals surface area contributed by atoms with E-state index in [1.807, 2.05) is 0 Å². The Bertz CT molecular complexity index is 1300. The summed E-state index contributed by atoms with van der Waals surface area (Å²) in [5.74, 6) is 7.21. The Hall–Kier alpha value is -2.82. The van der Waals surface area contributed by atoms with E-state index in [2.05, 4.69) is 8.57 Å². The molecule has 180 valence electrons. The highest BCUT2D eigenvalue weighted by Gasteiger charge is 2.46. The zero-order valence-electron chi connectivity index (χ0n) is 16.7. The van der Waals surface area contributed by atoms with Crippen LogP contribution in [0.5, 0.6) is 0 Å². The second kappa shape index (κ2) is 9.81. The first kappa shape index (κ1) is 25.8. The Kier molecular flexibility index (Phi) is 7.44. The molecule has 1 aliphatic rings. The van der Waals surface area contributed by atoms with E-state index >= 15 is 0 Å². The van der Waals surface area contributed by atoms with Gasteiger partial charge >= 0.3 is 20.6 Å². The first-order valence-corrected chi connectivity index (χ1v) is 12.3. The van der Waals surface area contributed by atoms with E-state index in [0.717, 1.165) is 0 Å². The molecule has 1 aliphatic carbocycles. The highest BCUT2D eigenvalue weighted by molar-refractivity contribution is 7.88. The Labute approximate surface area is 203 Å². The van der Waals surface area contributed by atoms with Gasteiger partial charge in [0.15, 0.2) is 0 Å². The van der Waals surface area contributed by atoms with Crippen molar-refractivity contribution in [1.29, 1.82) is 0 Å². The summed E-state index contributed by atoms with van der Waals surface area (Å²) in [5, 5.41) is -1.75. The minimum atomic E-state index is -5.05. The molecule has 0 aliphatic heterocycles. The van der Waals surface area contributed by atoms with Gasteiger partial charge in [0, 0.05) is 0 Å². The fraction of sp³-hybridized carbons (Fsp3) is 0. The molecule has 0 spiro atoms. The summed E-state index contributed by atoms with van der Waals surface area (Å²) in [6.07, 6.45) is 0. The minimum Gasteiger partial charge on any atom is -0.286 e. The second-order valence-corrected chi connectivity index (χ2v) is 9.87. The average molecular weight is 549 g/mol. The van der Waals surface area contributed by atoms with E-state index in [4.69, 9.17) is 35.0 Å². The maximum absolute atomic E-state index is 13.2. The molecule has 0 saturated heterocycles. The number of hydrogen-bond acceptors (Lipinski definition) is 10. The van der Waals surface area contributed by atoms with E-state index in [1.54, 1.807) is 0 Å². The quantitative estimate of drug-likeness (QED) is 0.360. The summed E-state index contributed by atoms with van der Waals surface area (Å²) in [5.41, 5.74) is -2.66. The number of nitrogens with zero attached hydrogens (tertiary/aromatic N) is 2. The first-order chi connectivity index (χ1) is 16.0. The number of rotatable bonds is 8. The summed E-state index contributed by atoms with van der Waals surface area (Å²) in [6.45, 7) is 0. The predicted molar refractivity (Wildman–Crippen MR) is 122 cm³/mol. The fourth-order valence-corrected chi connectivity index (χ4v) is 5.02. The number of ketones is 2. The number of anilines is 2. The molecule has 0 heterocycles. The van der Waals surface area contributed by atoms with Crippen molar-refractivity contribution >= 4 is 66.8 Å². The number of hydrogen-bond donors (Lipinski definition) is 2. The Morgan fingerprint density at radius 3 is 1.18 bits per heavy atom. The Morgan fingerprint density at radius 2 is 0.912 bits per heavy atom. The zero-order valence-corrected chi connectivity index (χ0v) is 19.8. The third-order valence-electron chi connectivity index (χ3n) is 4.32. The van der Waals surface area contributed by atoms with Gasteiger partial charge in [0.05, 0.1) is 11.4 Å². The van der Waals surface area contributed by atoms with Crippen molar-refractivity contribution in [1.82, 2.24) is 0 Å². The SMILES string of the molecule is NOS(=O)(=O)N(C1=C(N(c2ccccc2)S(=O)(=O)ON)C(=O)C(Cl)=C(Cl)C1=O)c1ccccc1. The van der Waals surface area contributed by atoms with Gasteiger partial charge in [-0.3, -0.25) is 9.59 Å². The molecule has 0 unspecified atom stereocenters. The summed E-state index contributed by atoms with van der Waals surface area (Å²) in [6, 6.07) is 13.5. The van der Waals surface area contributed by atoms with Crippen LogP contribution in [0.1, 0.15) is 0 Å². The van der Waals surface area contributed by atoms with Gasteiger partial charge in [-0.05, 0) is 24.3 Å². The van der Waals surface area contributed by atoms with Gasteiger partial charge in [-0.25, -0.2) is 8.61 Å². The molecular weight excluding hydrogens is 535 g/mol. The molecule has 0 radical (unpaired) electrons. The number of nitrogens with two attached hydrogens (primary N) is 2. The van der Waals surface area contributed by atoms with Gasteiger partial charge in [0.1, 0.15) is 21.5 Å². The van der Waals surface area contributed by atoms with Crippen LogP contribution in [-0.2, 0) is 38.8 Å². The second-order valence-electron chi connectivity index (χ2n) is 6.29. The summed E-state index contributed by atoms with van der Waals surface area (Å²) < 4.78 is 59.9. The highest BCUT2D eigenvalue weighted by atomic mass is 35.5. The van der Waals surface area contributed by atoms with Crippen LogP contribution in [0.3, 0.4) is 0 Å². The molecule has 34 heavy (non-hydrogen) atoms. The molecule has 12 nitrogen and oxygen atoms in total. The van der Waals surface area contributed by atoms with Gasteiger partial charge in [-0.2, -0.15) is 37.2 Å². The number of Topliss-reactive ketones (excluding diaryl/α,β-unsaturated/α-hetero) is 2. The lowest BCUT2D eigenvalue weighted by molar-refractivity contribution is -0.115. The zero-order chi connectivity index (χ0) is 25.3. The van der Waals surface area contributed by atoms with Crippen molar-refractivity contribution in [3.05, 3.63) is 82.1 Å². The predicted octanol–water partition coefficient (Wildman–Crippen LogP) is 1.32. The molecular formula is C18H14Cl2N4O8S2. The van der Waals surface area contributed by atoms with E-state index in [1.165, 1.54) is 60.7 Å². The van der Waals surface area contributed by atoms with Gasteiger partial charge in [0.2, 0.25) is 11.6 Å². The molecule has 0 atom stereocenters. The van der Waals surface area contributed by atoms with Crippen LogP contribution >= 0.6 is 23.2 Å². The molecule has 3 rings (SSSR count). The fourth-order valence-electron chi connectivity index (χ4n) is 2.95. The van der Waals surface area contributed by atoms with Crippen LogP contribution in [0.2, 0.25) is 0 Å². The highest BCUT2D eigenvalue weighted by Crippen LogP contribution is 2.39. The van der Waals surface area contributed by atoms with Crippen molar-refractivity contribution in [2.75, 3.05) is 8.61 Å². The van der Waals surface area contributed by atoms with E-state index in [0.29, 0.717) is 0 Å². The maximum atomic E-state index is 13.2. The lowest BCUT2D eigenvalue weighted by atomic mass is 10.0. The lowest BCUT2D eigenvalue weighted by Crippen LogP contribution is -2.46. The molecule has 4 N–H and O–H groups in total. The number of para-hydroxylation sites is 2. The van der Waals surface area contributed by atoms with Crippen molar-refractivity contribution < 1.29 is 35.0 Å². The molecule has 0 amide bonds. The first-order valence-electron chi connectivity index (χ1n) is 8.84. The van der Waals surface area contributed by atoms with Crippen LogP contribution in [0.15, 0.2) is 82.1 Å². The topological polar surface area (TPSA) is 179 Å². The van der Waals surface area contributed by atoms with E-state index < -0.39 is 53.6 Å². The van der Waals surface area contributed by atoms with Crippen LogP contribution in [0, 0.1) is 0 Å². The number of halogens is 2. The van der Waals surface area contributed by atoms with E-state index in [-0.39, 0.29) is 20.0 Å². The minimum absolute atomic E-state index is 0.205. The molecule has 16 heteroatoms. The average Bonchev–Trinajstić information content (AvgIpc) is 2.84. The lowest BCUT2D eigenvalue weighted by Gasteiger charge is -2.32. The van der Waals surface area contributed by atoms with Crippen molar-refractivity contribution in [2.24, 2.45) is 11.8 Å². The smallest absolute Gasteiger partial charge is 0.286 e. The molecule has 2 aromatic rings. The normalized spacial score (nSPS) is 15.1. The molecule has 0 fully saturated rings. The Balaban J connectivity index is 2.53. The summed E-state index contributed by atoms with van der Waals surface area (Å²) in [7, 11) is -10.1. The molecule has 2 aromatic carbocycles. The molecule has 0 bridgehead atoms. The standard InChI is InChI=1S/C18H14Cl2N4O8S2/c19-13-14(20)18(26)16(24(34(29,30)32-22)12-9-5-2-6-10-12)15(17(13)25)23(33(27,28)31-21)11-7-3-1-4-8-11/h1-10H,21-22H2. The van der Waals surface area contributed by atoms with Crippen LogP contribution in [0.25, 0.3) is 0 Å². The van der Waals surface area contributed by atoms with E-state index in [9.17, 15) is 26.4 Å². The largest absolute Gasteiger partial charge is 0.383 e. The van der Waals surface area contributed by atoms with Crippen molar-refractivity contribution in [3.8, 4) is 0 Å². The number of carbonyl (C=O) groups excluding carboxylic acids is 2. The number of allylic oxidation sites excluding steroid dienone is 2. The monoisotopic (exact) mass is 548 g/mol. The third kappa shape index (κ3) is 4.57. The van der Waals surface area contributed by atoms with Crippen LogP contribution in [0.4, 0.5) is 11.4 Å². The van der Waals surface area contributed by atoms with Crippen molar-refractivity contribution in [2.45, 2.75) is 0 Å². The van der Waals surface area contributed by atoms with Crippen molar-refractivity contribution in [3.63, 3.8) is 0 Å². The number of benzene rings is 2. The summed E-state index contributed by atoms with van der Waals surface area (Å²) in [4.78, 5) is 26.5. The molecule has 0 saturated carbocycles. The number of carbonyl (C=O) groups is 2. The molecule has 0 aromatic heterocycles. The summed E-state index contributed by atoms with van der Waals surface area (Å²) >= 11 is 11.8. The third-order valence-corrected chi connectivity index (χ3v) is 7.31. The van der Waals surface area contributed by atoms with Gasteiger partial charge in [-0.1, -0.05) is 59.6 Å². The van der Waals surface area contributed by atoms with Gasteiger partial charge < -0.3 is 0 Å². The van der Waals surface area contributed by atoms with Crippen LogP contribution < -0.4 is 20.4 Å².